The predicted octanol–water partition coefficient (Wildman–Crippen LogP) is 2.54. The van der Waals surface area contributed by atoms with Crippen molar-refractivity contribution in [1.82, 2.24) is 10.4 Å². The molecule has 2 rings (SSSR count). The standard InChI is InChI=1S/C14H16N2O2/c1-16(14(17)15-18-2)10-11-7-8-12-5-3-4-6-13(12)9-11/h3-9H,10H2,1-2H3,(H,15,17). The van der Waals surface area contributed by atoms with Gasteiger partial charge in [-0.1, -0.05) is 36.4 Å². The van der Waals surface area contributed by atoms with Crippen molar-refractivity contribution >= 4 is 16.8 Å². The van der Waals surface area contributed by atoms with Crippen LogP contribution < -0.4 is 5.48 Å². The van der Waals surface area contributed by atoms with Gasteiger partial charge in [-0.3, -0.25) is 4.84 Å². The molecule has 4 nitrogen and oxygen atoms in total. The summed E-state index contributed by atoms with van der Waals surface area (Å²) in [5.41, 5.74) is 3.38. The Labute approximate surface area is 106 Å². The average Bonchev–Trinajstić information content (AvgIpc) is 2.39. The Hall–Kier alpha value is -2.07. The summed E-state index contributed by atoms with van der Waals surface area (Å²) < 4.78 is 0. The molecule has 0 saturated heterocycles. The zero-order valence-corrected chi connectivity index (χ0v) is 10.5. The minimum Gasteiger partial charge on any atom is -0.322 e. The van der Waals surface area contributed by atoms with Gasteiger partial charge in [-0.05, 0) is 22.4 Å². The van der Waals surface area contributed by atoms with Crippen molar-refractivity contribution in [2.24, 2.45) is 0 Å². The molecule has 94 valence electrons. The lowest BCUT2D eigenvalue weighted by atomic mass is 10.1. The smallest absolute Gasteiger partial charge is 0.322 e. The Balaban J connectivity index is 2.14. The molecule has 0 atom stereocenters. The largest absolute Gasteiger partial charge is 0.341 e. The van der Waals surface area contributed by atoms with Crippen LogP contribution in [0.25, 0.3) is 10.8 Å². The van der Waals surface area contributed by atoms with E-state index in [-0.39, 0.29) is 6.03 Å². The van der Waals surface area contributed by atoms with E-state index in [0.717, 1.165) is 5.56 Å². The van der Waals surface area contributed by atoms with Gasteiger partial charge in [0.1, 0.15) is 0 Å². The first-order valence-corrected chi connectivity index (χ1v) is 5.72. The Morgan fingerprint density at radius 3 is 2.67 bits per heavy atom. The molecule has 0 spiro atoms. The fourth-order valence-corrected chi connectivity index (χ4v) is 1.85. The van der Waals surface area contributed by atoms with E-state index in [0.29, 0.717) is 6.54 Å². The number of rotatable bonds is 3. The van der Waals surface area contributed by atoms with Gasteiger partial charge >= 0.3 is 6.03 Å². The highest BCUT2D eigenvalue weighted by Crippen LogP contribution is 2.16. The molecule has 2 aromatic carbocycles. The number of benzene rings is 2. The van der Waals surface area contributed by atoms with Gasteiger partial charge in [-0.15, -0.1) is 0 Å². The number of hydrogen-bond donors (Lipinski definition) is 1. The molecule has 0 heterocycles. The number of fused-ring (bicyclic) bond motifs is 1. The molecule has 0 saturated carbocycles. The average molecular weight is 244 g/mol. The highest BCUT2D eigenvalue weighted by atomic mass is 16.6. The van der Waals surface area contributed by atoms with E-state index >= 15 is 0 Å². The van der Waals surface area contributed by atoms with Crippen LogP contribution in [0.5, 0.6) is 0 Å². The van der Waals surface area contributed by atoms with Gasteiger partial charge in [-0.2, -0.15) is 0 Å². The summed E-state index contributed by atoms with van der Waals surface area (Å²) >= 11 is 0. The number of nitrogens with zero attached hydrogens (tertiary/aromatic N) is 1. The molecule has 1 N–H and O–H groups in total. The molecule has 4 heteroatoms. The van der Waals surface area contributed by atoms with Crippen LogP contribution in [0.15, 0.2) is 42.5 Å². The second-order valence-electron chi connectivity index (χ2n) is 4.15. The van der Waals surface area contributed by atoms with Crippen molar-refractivity contribution in [3.63, 3.8) is 0 Å². The summed E-state index contributed by atoms with van der Waals surface area (Å²) in [6.45, 7) is 0.542. The number of nitrogens with one attached hydrogen (secondary N) is 1. The highest BCUT2D eigenvalue weighted by Gasteiger charge is 2.08. The maximum absolute atomic E-state index is 11.5. The molecule has 0 radical (unpaired) electrons. The Bertz CT molecular complexity index is 554. The molecule has 18 heavy (non-hydrogen) atoms. The summed E-state index contributed by atoms with van der Waals surface area (Å²) in [4.78, 5) is 17.7. The molecule has 0 aliphatic carbocycles. The van der Waals surface area contributed by atoms with E-state index in [9.17, 15) is 4.79 Å². The van der Waals surface area contributed by atoms with Crippen LogP contribution in [0.2, 0.25) is 0 Å². The highest BCUT2D eigenvalue weighted by molar-refractivity contribution is 5.83. The zero-order valence-electron chi connectivity index (χ0n) is 10.5. The number of urea groups is 1. The summed E-state index contributed by atoms with van der Waals surface area (Å²) in [6.07, 6.45) is 0. The van der Waals surface area contributed by atoms with Crippen LogP contribution in [0.1, 0.15) is 5.56 Å². The summed E-state index contributed by atoms with van der Waals surface area (Å²) in [6, 6.07) is 14.1. The third-order valence-electron chi connectivity index (χ3n) is 2.77. The summed E-state index contributed by atoms with van der Waals surface area (Å²) in [5.74, 6) is 0. The van der Waals surface area contributed by atoms with Gasteiger partial charge in [0, 0.05) is 13.6 Å². The van der Waals surface area contributed by atoms with Crippen molar-refractivity contribution in [3.05, 3.63) is 48.0 Å². The molecule has 2 aromatic rings. The normalized spacial score (nSPS) is 10.3. The summed E-state index contributed by atoms with van der Waals surface area (Å²) in [7, 11) is 3.14. The van der Waals surface area contributed by atoms with Crippen LogP contribution >= 0.6 is 0 Å². The van der Waals surface area contributed by atoms with Crippen LogP contribution in [-0.2, 0) is 11.4 Å². The molecule has 2 amide bonds. The van der Waals surface area contributed by atoms with Crippen molar-refractivity contribution in [1.29, 1.82) is 0 Å². The quantitative estimate of drug-likeness (QED) is 0.843. The van der Waals surface area contributed by atoms with Crippen molar-refractivity contribution in [3.8, 4) is 0 Å². The first kappa shape index (κ1) is 12.4. The van der Waals surface area contributed by atoms with E-state index < -0.39 is 0 Å². The SMILES string of the molecule is CONC(=O)N(C)Cc1ccc2ccccc2c1. The van der Waals surface area contributed by atoms with E-state index in [1.807, 2.05) is 18.2 Å². The van der Waals surface area contributed by atoms with Crippen LogP contribution in [0.3, 0.4) is 0 Å². The van der Waals surface area contributed by atoms with Crippen molar-refractivity contribution < 1.29 is 9.63 Å². The molecule has 0 aliphatic heterocycles. The molecule has 0 unspecified atom stereocenters. The van der Waals surface area contributed by atoms with Gasteiger partial charge in [0.15, 0.2) is 0 Å². The molecule has 0 aromatic heterocycles. The van der Waals surface area contributed by atoms with Gasteiger partial charge in [-0.25, -0.2) is 10.3 Å². The molecular weight excluding hydrogens is 228 g/mol. The minimum absolute atomic E-state index is 0.259. The molecular formula is C14H16N2O2. The van der Waals surface area contributed by atoms with E-state index in [4.69, 9.17) is 0 Å². The Kier molecular flexibility index (Phi) is 3.79. The number of hydroxylamine groups is 1. The van der Waals surface area contributed by atoms with E-state index in [1.165, 1.54) is 17.9 Å². The monoisotopic (exact) mass is 244 g/mol. The fourth-order valence-electron chi connectivity index (χ4n) is 1.85. The second-order valence-corrected chi connectivity index (χ2v) is 4.15. The molecule has 0 fully saturated rings. The zero-order chi connectivity index (χ0) is 13.0. The van der Waals surface area contributed by atoms with Crippen molar-refractivity contribution in [2.75, 3.05) is 14.2 Å². The van der Waals surface area contributed by atoms with Gasteiger partial charge in [0.2, 0.25) is 0 Å². The lowest BCUT2D eigenvalue weighted by Crippen LogP contribution is -2.36. The Morgan fingerprint density at radius 2 is 1.94 bits per heavy atom. The lowest BCUT2D eigenvalue weighted by molar-refractivity contribution is 0.0900. The van der Waals surface area contributed by atoms with Gasteiger partial charge in [0.05, 0.1) is 7.11 Å². The predicted molar refractivity (Wildman–Crippen MR) is 71.0 cm³/mol. The Morgan fingerprint density at radius 1 is 1.22 bits per heavy atom. The maximum atomic E-state index is 11.5. The van der Waals surface area contributed by atoms with Gasteiger partial charge < -0.3 is 4.90 Å². The third-order valence-corrected chi connectivity index (χ3v) is 2.77. The summed E-state index contributed by atoms with van der Waals surface area (Å²) in [5, 5.41) is 2.38. The van der Waals surface area contributed by atoms with Gasteiger partial charge in [0.25, 0.3) is 0 Å². The number of carbonyl (C=O) groups is 1. The van der Waals surface area contributed by atoms with Crippen LogP contribution in [0, 0.1) is 0 Å². The molecule has 0 aliphatic rings. The number of hydrogen-bond acceptors (Lipinski definition) is 2. The van der Waals surface area contributed by atoms with Crippen LogP contribution in [-0.4, -0.2) is 25.1 Å². The second kappa shape index (κ2) is 5.51. The fraction of sp³-hybridized carbons (Fsp3) is 0.214. The van der Waals surface area contributed by atoms with Crippen LogP contribution in [0.4, 0.5) is 4.79 Å². The maximum Gasteiger partial charge on any atom is 0.341 e. The minimum atomic E-state index is -0.259. The first-order chi connectivity index (χ1) is 8.70. The van der Waals surface area contributed by atoms with E-state index in [1.54, 1.807) is 11.9 Å². The van der Waals surface area contributed by atoms with E-state index in [2.05, 4.69) is 34.6 Å². The first-order valence-electron chi connectivity index (χ1n) is 5.72. The molecule has 0 bridgehead atoms. The van der Waals surface area contributed by atoms with Crippen molar-refractivity contribution in [2.45, 2.75) is 6.54 Å². The third kappa shape index (κ3) is 2.78. The number of amides is 2. The number of carbonyl (C=O) groups excluding carboxylic acids is 1. The lowest BCUT2D eigenvalue weighted by Gasteiger charge is -2.17. The topological polar surface area (TPSA) is 41.6 Å².